The molecule has 0 radical (unpaired) electrons. The van der Waals surface area contributed by atoms with Crippen LogP contribution in [0.4, 0.5) is 24.7 Å². The molecule has 0 spiro atoms. The van der Waals surface area contributed by atoms with Crippen LogP contribution in [0.25, 0.3) is 10.9 Å². The number of fused-ring (bicyclic) bond motifs is 1. The third-order valence-electron chi connectivity index (χ3n) is 6.02. The highest BCUT2D eigenvalue weighted by Crippen LogP contribution is 2.41. The predicted molar refractivity (Wildman–Crippen MR) is 136 cm³/mol. The van der Waals surface area contributed by atoms with E-state index in [0.29, 0.717) is 30.1 Å². The number of alkyl halides is 3. The number of anilines is 2. The number of pyridine rings is 1. The minimum absolute atomic E-state index is 0.259. The number of nitrogens with zero attached hydrogens (tertiary/aromatic N) is 2. The zero-order valence-electron chi connectivity index (χ0n) is 19.6. The first-order valence-electron chi connectivity index (χ1n) is 11.5. The maximum absolute atomic E-state index is 13.0. The van der Waals surface area contributed by atoms with E-state index in [4.69, 9.17) is 4.74 Å². The first-order valence-corrected chi connectivity index (χ1v) is 11.5. The Balaban J connectivity index is 1.59. The molecule has 0 bridgehead atoms. The zero-order chi connectivity index (χ0) is 25.8. The van der Waals surface area contributed by atoms with Gasteiger partial charge < -0.3 is 9.72 Å². The average molecular weight is 502 g/mol. The van der Waals surface area contributed by atoms with Gasteiger partial charge in [0.2, 0.25) is 6.41 Å². The van der Waals surface area contributed by atoms with Crippen LogP contribution in [0.5, 0.6) is 5.75 Å². The summed E-state index contributed by atoms with van der Waals surface area (Å²) in [6.07, 6.45) is -0.136. The van der Waals surface area contributed by atoms with Crippen LogP contribution in [-0.2, 0) is 24.0 Å². The number of amides is 1. The molecule has 37 heavy (non-hydrogen) atoms. The molecule has 3 aromatic carbocycles. The van der Waals surface area contributed by atoms with Crippen molar-refractivity contribution < 1.29 is 22.7 Å². The minimum Gasteiger partial charge on any atom is -0.484 e. The van der Waals surface area contributed by atoms with Gasteiger partial charge in [0.25, 0.3) is 0 Å². The van der Waals surface area contributed by atoms with Crippen LogP contribution < -0.4 is 9.64 Å². The molecule has 0 atom stereocenters. The molecule has 0 aliphatic heterocycles. The van der Waals surface area contributed by atoms with Gasteiger partial charge in [-0.15, -0.1) is 0 Å². The number of benzene rings is 3. The van der Waals surface area contributed by atoms with E-state index in [0.717, 1.165) is 39.7 Å². The zero-order valence-corrected chi connectivity index (χ0v) is 19.6. The van der Waals surface area contributed by atoms with E-state index in [1.54, 1.807) is 24.5 Å². The normalized spacial score (nSPS) is 11.4. The Hall–Kier alpha value is -4.59. The molecule has 0 aliphatic carbocycles. The summed E-state index contributed by atoms with van der Waals surface area (Å²) >= 11 is 0. The number of H-pyrrole nitrogens is 1. The van der Waals surface area contributed by atoms with Crippen LogP contribution in [0.1, 0.15) is 22.3 Å². The Kier molecular flexibility index (Phi) is 6.64. The van der Waals surface area contributed by atoms with Crippen LogP contribution in [0.15, 0.2) is 97.3 Å². The molecule has 5 nitrogen and oxygen atoms in total. The number of carbonyl (C=O) groups excluding carboxylic acids is 1. The molecule has 8 heteroatoms. The monoisotopic (exact) mass is 501 g/mol. The maximum atomic E-state index is 13.0. The number of hydrogen-bond donors (Lipinski definition) is 1. The third kappa shape index (κ3) is 5.18. The van der Waals surface area contributed by atoms with E-state index in [9.17, 15) is 18.0 Å². The standard InChI is InChI=1S/C29H22F3N3O2/c30-29(31,32)23-13-11-20(12-14-23)16-22-8-4-10-25-26(22)27(37-18-21-6-2-1-3-7-21)28(34-25)35(19-36)24-9-5-15-33-17-24/h1-15,17,19,34H,16,18H2. The number of hydrogen-bond acceptors (Lipinski definition) is 3. The van der Waals surface area contributed by atoms with Crippen molar-refractivity contribution in [1.82, 2.24) is 9.97 Å². The SMILES string of the molecule is O=CN(c1cccnc1)c1[nH]c2cccc(Cc3ccc(C(F)(F)F)cc3)c2c1OCc1ccccc1. The van der Waals surface area contributed by atoms with Crippen LogP contribution in [0, 0.1) is 0 Å². The van der Waals surface area contributed by atoms with Crippen molar-refractivity contribution in [2.45, 2.75) is 19.2 Å². The topological polar surface area (TPSA) is 58.2 Å². The number of nitrogens with one attached hydrogen (secondary N) is 1. The number of rotatable bonds is 8. The van der Waals surface area contributed by atoms with Gasteiger partial charge in [-0.3, -0.25) is 14.7 Å². The maximum Gasteiger partial charge on any atom is 0.416 e. The van der Waals surface area contributed by atoms with Gasteiger partial charge in [0.1, 0.15) is 6.61 Å². The molecule has 1 amide bonds. The molecule has 5 rings (SSSR count). The lowest BCUT2D eigenvalue weighted by atomic mass is 10.00. The van der Waals surface area contributed by atoms with E-state index >= 15 is 0 Å². The molecule has 0 saturated carbocycles. The molecule has 0 saturated heterocycles. The summed E-state index contributed by atoms with van der Waals surface area (Å²) in [6, 6.07) is 23.9. The lowest BCUT2D eigenvalue weighted by molar-refractivity contribution is -0.137. The van der Waals surface area contributed by atoms with Crippen LogP contribution in [0.2, 0.25) is 0 Å². The van der Waals surface area contributed by atoms with Crippen molar-refractivity contribution in [3.63, 3.8) is 0 Å². The third-order valence-corrected chi connectivity index (χ3v) is 6.02. The van der Waals surface area contributed by atoms with Crippen molar-refractivity contribution in [1.29, 1.82) is 0 Å². The molecule has 186 valence electrons. The second-order valence-electron chi connectivity index (χ2n) is 8.47. The van der Waals surface area contributed by atoms with Gasteiger partial charge >= 0.3 is 6.18 Å². The lowest BCUT2D eigenvalue weighted by Crippen LogP contribution is -2.15. The molecule has 0 unspecified atom stereocenters. The van der Waals surface area contributed by atoms with Gasteiger partial charge in [-0.25, -0.2) is 0 Å². The van der Waals surface area contributed by atoms with Gasteiger partial charge in [-0.1, -0.05) is 54.6 Å². The van der Waals surface area contributed by atoms with E-state index in [2.05, 4.69) is 9.97 Å². The van der Waals surface area contributed by atoms with E-state index in [-0.39, 0.29) is 6.61 Å². The molecular formula is C29H22F3N3O2. The summed E-state index contributed by atoms with van der Waals surface area (Å²) in [5, 5.41) is 0.754. The Morgan fingerprint density at radius 2 is 1.68 bits per heavy atom. The fraction of sp³-hybridized carbons (Fsp3) is 0.103. The number of aromatic nitrogens is 2. The summed E-state index contributed by atoms with van der Waals surface area (Å²) in [6.45, 7) is 0.259. The van der Waals surface area contributed by atoms with Gasteiger partial charge in [0.05, 0.1) is 23.0 Å². The second-order valence-corrected chi connectivity index (χ2v) is 8.47. The fourth-order valence-electron chi connectivity index (χ4n) is 4.23. The van der Waals surface area contributed by atoms with E-state index < -0.39 is 11.7 Å². The minimum atomic E-state index is -4.39. The number of aromatic amines is 1. The van der Waals surface area contributed by atoms with Crippen molar-refractivity contribution in [2.75, 3.05) is 4.90 Å². The molecule has 0 aliphatic rings. The number of carbonyl (C=O) groups is 1. The second kappa shape index (κ2) is 10.2. The Labute approximate surface area is 211 Å². The van der Waals surface area contributed by atoms with Gasteiger partial charge in [0, 0.05) is 11.6 Å². The van der Waals surface area contributed by atoms with Gasteiger partial charge in [0.15, 0.2) is 11.6 Å². The fourth-order valence-corrected chi connectivity index (χ4v) is 4.23. The van der Waals surface area contributed by atoms with E-state index in [1.165, 1.54) is 17.0 Å². The Bertz CT molecular complexity index is 1500. The molecule has 2 aromatic heterocycles. The highest BCUT2D eigenvalue weighted by atomic mass is 19.4. The molecule has 2 heterocycles. The number of ether oxygens (including phenoxy) is 1. The summed E-state index contributed by atoms with van der Waals surface area (Å²) in [4.78, 5) is 21.1. The van der Waals surface area contributed by atoms with E-state index in [1.807, 2.05) is 48.5 Å². The average Bonchev–Trinajstić information content (AvgIpc) is 3.28. The van der Waals surface area contributed by atoms with Crippen molar-refractivity contribution >= 4 is 28.8 Å². The molecule has 1 N–H and O–H groups in total. The largest absolute Gasteiger partial charge is 0.484 e. The quantitative estimate of drug-likeness (QED) is 0.232. The van der Waals surface area contributed by atoms with Crippen LogP contribution in [0.3, 0.4) is 0 Å². The first kappa shape index (κ1) is 24.1. The molecular weight excluding hydrogens is 479 g/mol. The van der Waals surface area contributed by atoms with Gasteiger partial charge in [-0.05, 0) is 53.4 Å². The number of halogens is 3. The van der Waals surface area contributed by atoms with Crippen LogP contribution in [-0.4, -0.2) is 16.4 Å². The lowest BCUT2D eigenvalue weighted by Gasteiger charge is -2.18. The summed E-state index contributed by atoms with van der Waals surface area (Å²) in [5.74, 6) is 0.908. The highest BCUT2D eigenvalue weighted by Gasteiger charge is 2.30. The van der Waals surface area contributed by atoms with Crippen molar-refractivity contribution in [2.24, 2.45) is 0 Å². The van der Waals surface area contributed by atoms with Crippen molar-refractivity contribution in [3.05, 3.63) is 120 Å². The molecule has 0 fully saturated rings. The highest BCUT2D eigenvalue weighted by molar-refractivity contribution is 6.00. The summed E-state index contributed by atoms with van der Waals surface area (Å²) in [5.41, 5.74) is 3.11. The smallest absolute Gasteiger partial charge is 0.416 e. The first-order chi connectivity index (χ1) is 17.9. The molecule has 5 aromatic rings. The Morgan fingerprint density at radius 1 is 0.892 bits per heavy atom. The van der Waals surface area contributed by atoms with Crippen molar-refractivity contribution in [3.8, 4) is 5.75 Å². The van der Waals surface area contributed by atoms with Crippen LogP contribution >= 0.6 is 0 Å². The summed E-state index contributed by atoms with van der Waals surface area (Å²) < 4.78 is 45.4. The van der Waals surface area contributed by atoms with Gasteiger partial charge in [-0.2, -0.15) is 13.2 Å². The predicted octanol–water partition coefficient (Wildman–Crippen LogP) is 7.05. The summed E-state index contributed by atoms with van der Waals surface area (Å²) in [7, 11) is 0. The Morgan fingerprint density at radius 3 is 2.35 bits per heavy atom.